The van der Waals surface area contributed by atoms with Crippen molar-refractivity contribution < 1.29 is 32.6 Å². The second-order valence-corrected chi connectivity index (χ2v) is 10.4. The van der Waals surface area contributed by atoms with Crippen molar-refractivity contribution in [1.29, 1.82) is 0 Å². The van der Waals surface area contributed by atoms with E-state index in [1.807, 2.05) is 0 Å². The van der Waals surface area contributed by atoms with Gasteiger partial charge in [-0.15, -0.1) is 0 Å². The van der Waals surface area contributed by atoms with Gasteiger partial charge in [0, 0.05) is 58.6 Å². The Kier molecular flexibility index (Phi) is 9.71. The number of anilines is 1. The van der Waals surface area contributed by atoms with Crippen LogP contribution in [0.1, 0.15) is 41.6 Å². The smallest absolute Gasteiger partial charge is 0.430 e. The molecule has 214 valence electrons. The van der Waals surface area contributed by atoms with Crippen molar-refractivity contribution in [3.63, 3.8) is 0 Å². The number of amides is 2. The Morgan fingerprint density at radius 2 is 1.85 bits per heavy atom. The van der Waals surface area contributed by atoms with Gasteiger partial charge in [0.25, 0.3) is 17.4 Å². The van der Waals surface area contributed by atoms with Crippen LogP contribution in [0.4, 0.5) is 19.0 Å². The van der Waals surface area contributed by atoms with Crippen LogP contribution in [0.5, 0.6) is 5.75 Å². The van der Waals surface area contributed by atoms with E-state index >= 15 is 0 Å². The third-order valence-corrected chi connectivity index (χ3v) is 7.39. The van der Waals surface area contributed by atoms with Crippen molar-refractivity contribution in [1.82, 2.24) is 14.8 Å². The molecule has 1 aliphatic rings. The Balaban J connectivity index is 1.55. The number of aliphatic hydroxyl groups is 1. The van der Waals surface area contributed by atoms with E-state index in [0.717, 1.165) is 36.3 Å². The summed E-state index contributed by atoms with van der Waals surface area (Å²) in [5, 5.41) is 11.0. The normalized spacial score (nSPS) is 16.0. The number of ether oxygens (including phenoxy) is 1. The summed E-state index contributed by atoms with van der Waals surface area (Å²) < 4.78 is 46.9. The summed E-state index contributed by atoms with van der Waals surface area (Å²) in [6.07, 6.45) is -0.847. The average molecular weight is 571 g/mol. The highest BCUT2D eigenvalue weighted by Crippen LogP contribution is 2.41. The number of alkyl halides is 3. The highest BCUT2D eigenvalue weighted by molar-refractivity contribution is 6.34. The standard InChI is InChI=1S/C27H34ClF3N4O4/c1-33(2)24(36)21-17-32-23(16-22(21)28)35-13-10-18(11-14-35)7-6-12-34(3)25(37)26(38,27(29,30)31)19-8-5-9-20(15-19)39-4/h5,8-9,15-18,38H,6-7,10-14H2,1-4H3/t26-/m1/s1. The molecule has 2 heterocycles. The lowest BCUT2D eigenvalue weighted by molar-refractivity contribution is -0.261. The highest BCUT2D eigenvalue weighted by atomic mass is 35.5. The second kappa shape index (κ2) is 12.4. The fraction of sp³-hybridized carbons (Fsp3) is 0.519. The zero-order valence-corrected chi connectivity index (χ0v) is 23.2. The van der Waals surface area contributed by atoms with Crippen LogP contribution in [0.3, 0.4) is 0 Å². The van der Waals surface area contributed by atoms with Gasteiger partial charge in [-0.25, -0.2) is 4.98 Å². The van der Waals surface area contributed by atoms with E-state index in [-0.39, 0.29) is 18.2 Å². The Morgan fingerprint density at radius 1 is 1.18 bits per heavy atom. The predicted octanol–water partition coefficient (Wildman–Crippen LogP) is 4.35. The van der Waals surface area contributed by atoms with Gasteiger partial charge < -0.3 is 24.5 Å². The molecule has 1 aliphatic heterocycles. The van der Waals surface area contributed by atoms with Gasteiger partial charge in [-0.2, -0.15) is 13.2 Å². The van der Waals surface area contributed by atoms with Crippen LogP contribution >= 0.6 is 11.6 Å². The van der Waals surface area contributed by atoms with Crippen molar-refractivity contribution in [2.24, 2.45) is 5.92 Å². The molecule has 2 amide bonds. The van der Waals surface area contributed by atoms with Gasteiger partial charge >= 0.3 is 6.18 Å². The first kappa shape index (κ1) is 30.5. The van der Waals surface area contributed by atoms with E-state index in [4.69, 9.17) is 16.3 Å². The number of halogens is 4. The van der Waals surface area contributed by atoms with Crippen LogP contribution in [0.2, 0.25) is 5.02 Å². The van der Waals surface area contributed by atoms with E-state index in [1.54, 1.807) is 20.2 Å². The SMILES string of the molecule is COc1cccc([C@@](O)(C(=O)N(C)CCCC2CCN(c3cc(Cl)c(C(=O)N(C)C)cn3)CC2)C(F)(F)F)c1. The number of aromatic nitrogens is 1. The van der Waals surface area contributed by atoms with Crippen molar-refractivity contribution in [3.05, 3.63) is 52.7 Å². The molecule has 1 atom stereocenters. The van der Waals surface area contributed by atoms with Gasteiger partial charge in [-0.1, -0.05) is 23.7 Å². The molecule has 0 spiro atoms. The minimum absolute atomic E-state index is 0.0694. The number of piperidine rings is 1. The zero-order chi connectivity index (χ0) is 29.0. The fourth-order valence-corrected chi connectivity index (χ4v) is 4.92. The summed E-state index contributed by atoms with van der Waals surface area (Å²) >= 11 is 6.31. The number of nitrogens with zero attached hydrogens (tertiary/aromatic N) is 4. The van der Waals surface area contributed by atoms with E-state index in [2.05, 4.69) is 9.88 Å². The third-order valence-electron chi connectivity index (χ3n) is 7.07. The highest BCUT2D eigenvalue weighted by Gasteiger charge is 2.61. The fourth-order valence-electron chi connectivity index (χ4n) is 4.69. The predicted molar refractivity (Wildman–Crippen MR) is 142 cm³/mol. The molecular formula is C27H34ClF3N4O4. The maximum absolute atomic E-state index is 14.0. The number of methoxy groups -OCH3 is 1. The summed E-state index contributed by atoms with van der Waals surface area (Å²) in [6.45, 7) is 1.50. The molecule has 1 N–H and O–H groups in total. The summed E-state index contributed by atoms with van der Waals surface area (Å²) in [5.41, 5.74) is -3.93. The number of carbonyl (C=O) groups excluding carboxylic acids is 2. The van der Waals surface area contributed by atoms with Crippen LogP contribution < -0.4 is 9.64 Å². The monoisotopic (exact) mass is 570 g/mol. The molecule has 0 radical (unpaired) electrons. The van der Waals surface area contributed by atoms with E-state index in [9.17, 15) is 27.9 Å². The van der Waals surface area contributed by atoms with Crippen molar-refractivity contribution in [2.45, 2.75) is 37.5 Å². The zero-order valence-electron chi connectivity index (χ0n) is 22.5. The van der Waals surface area contributed by atoms with Crippen molar-refractivity contribution >= 4 is 29.2 Å². The Labute approximate surface area is 231 Å². The van der Waals surface area contributed by atoms with Crippen molar-refractivity contribution in [3.8, 4) is 5.75 Å². The molecule has 0 unspecified atom stereocenters. The van der Waals surface area contributed by atoms with Gasteiger partial charge in [0.1, 0.15) is 11.6 Å². The number of hydrogen-bond donors (Lipinski definition) is 1. The van der Waals surface area contributed by atoms with Gasteiger partial charge in [-0.3, -0.25) is 9.59 Å². The molecule has 0 aliphatic carbocycles. The molecule has 0 saturated carbocycles. The quantitative estimate of drug-likeness (QED) is 0.482. The molecule has 1 saturated heterocycles. The van der Waals surface area contributed by atoms with Gasteiger partial charge in [-0.05, 0) is 43.7 Å². The maximum Gasteiger partial charge on any atom is 0.430 e. The summed E-state index contributed by atoms with van der Waals surface area (Å²) in [4.78, 5) is 33.9. The number of carbonyl (C=O) groups is 2. The van der Waals surface area contributed by atoms with Crippen LogP contribution in [0.15, 0.2) is 36.5 Å². The molecule has 12 heteroatoms. The molecule has 8 nitrogen and oxygen atoms in total. The minimum Gasteiger partial charge on any atom is -0.497 e. The van der Waals surface area contributed by atoms with Crippen LogP contribution in [0, 0.1) is 5.92 Å². The van der Waals surface area contributed by atoms with Crippen molar-refractivity contribution in [2.75, 3.05) is 52.8 Å². The van der Waals surface area contributed by atoms with E-state index in [1.165, 1.54) is 37.4 Å². The van der Waals surface area contributed by atoms with Crippen LogP contribution in [-0.4, -0.2) is 85.8 Å². The van der Waals surface area contributed by atoms with Crippen LogP contribution in [-0.2, 0) is 10.4 Å². The molecule has 2 aromatic rings. The third kappa shape index (κ3) is 6.75. The molecule has 39 heavy (non-hydrogen) atoms. The number of pyridine rings is 1. The van der Waals surface area contributed by atoms with E-state index in [0.29, 0.717) is 41.8 Å². The number of hydrogen-bond acceptors (Lipinski definition) is 6. The summed E-state index contributed by atoms with van der Waals surface area (Å²) in [6, 6.07) is 6.49. The maximum atomic E-state index is 14.0. The second-order valence-electron chi connectivity index (χ2n) is 9.96. The molecule has 1 fully saturated rings. The van der Waals surface area contributed by atoms with Gasteiger partial charge in [0.05, 0.1) is 17.7 Å². The largest absolute Gasteiger partial charge is 0.497 e. The lowest BCUT2D eigenvalue weighted by Gasteiger charge is -2.34. The number of benzene rings is 1. The molecule has 0 bridgehead atoms. The number of rotatable bonds is 9. The topological polar surface area (TPSA) is 86.2 Å². The lowest BCUT2D eigenvalue weighted by Crippen LogP contribution is -2.55. The lowest BCUT2D eigenvalue weighted by atomic mass is 9.90. The summed E-state index contributed by atoms with van der Waals surface area (Å²) in [7, 11) is 5.84. The Bertz CT molecular complexity index is 1170. The molecule has 3 rings (SSSR count). The van der Waals surface area contributed by atoms with Crippen LogP contribution in [0.25, 0.3) is 0 Å². The number of likely N-dealkylation sites (N-methyl/N-ethyl adjacent to an activating group) is 1. The Hall–Kier alpha value is -3.05. The first-order valence-corrected chi connectivity index (χ1v) is 13.0. The molecule has 1 aromatic heterocycles. The first-order valence-electron chi connectivity index (χ1n) is 12.6. The molecular weight excluding hydrogens is 537 g/mol. The average Bonchev–Trinajstić information content (AvgIpc) is 2.91. The van der Waals surface area contributed by atoms with Gasteiger partial charge in [0.15, 0.2) is 0 Å². The first-order chi connectivity index (χ1) is 18.3. The van der Waals surface area contributed by atoms with E-state index < -0.39 is 23.2 Å². The molecule has 1 aromatic carbocycles. The summed E-state index contributed by atoms with van der Waals surface area (Å²) in [5.74, 6) is -0.541. The Morgan fingerprint density at radius 3 is 2.41 bits per heavy atom. The minimum atomic E-state index is -5.22. The van der Waals surface area contributed by atoms with Gasteiger partial charge in [0.2, 0.25) is 0 Å².